The van der Waals surface area contributed by atoms with Crippen LogP contribution in [0.25, 0.3) is 27.6 Å². The minimum absolute atomic E-state index is 0.0135. The van der Waals surface area contributed by atoms with Crippen LogP contribution in [0.5, 0.6) is 5.75 Å². The Morgan fingerprint density at radius 3 is 2.59 bits per heavy atom. The van der Waals surface area contributed by atoms with Gasteiger partial charge in [-0.05, 0) is 36.4 Å². The van der Waals surface area contributed by atoms with Gasteiger partial charge >= 0.3 is 0 Å². The summed E-state index contributed by atoms with van der Waals surface area (Å²) in [6, 6.07) is 10.6. The SMILES string of the molecule is COc1ccc(-c2csc(-c3nnn(-c4ccc(F)cc4F)c3N)n2)cc1. The molecule has 0 atom stereocenters. The maximum atomic E-state index is 14.0. The lowest BCUT2D eigenvalue weighted by Gasteiger charge is -2.04. The van der Waals surface area contributed by atoms with Crippen molar-refractivity contribution in [2.75, 3.05) is 12.8 Å². The molecule has 0 aliphatic heterocycles. The first kappa shape index (κ1) is 17.1. The van der Waals surface area contributed by atoms with Crippen LogP contribution in [0.4, 0.5) is 14.6 Å². The third-order valence-electron chi connectivity index (χ3n) is 3.94. The van der Waals surface area contributed by atoms with Gasteiger partial charge in [-0.1, -0.05) is 5.21 Å². The number of nitrogens with two attached hydrogens (primary N) is 1. The van der Waals surface area contributed by atoms with Crippen LogP contribution < -0.4 is 10.5 Å². The molecule has 0 radical (unpaired) electrons. The van der Waals surface area contributed by atoms with E-state index in [4.69, 9.17) is 10.5 Å². The summed E-state index contributed by atoms with van der Waals surface area (Å²) < 4.78 is 33.4. The Morgan fingerprint density at radius 1 is 1.11 bits per heavy atom. The summed E-state index contributed by atoms with van der Waals surface area (Å²) in [5, 5.41) is 10.3. The Morgan fingerprint density at radius 2 is 1.89 bits per heavy atom. The molecule has 0 amide bonds. The average molecular weight is 385 g/mol. The van der Waals surface area contributed by atoms with Crippen molar-refractivity contribution in [1.29, 1.82) is 0 Å². The van der Waals surface area contributed by atoms with Crippen LogP contribution in [0.15, 0.2) is 47.8 Å². The summed E-state index contributed by atoms with van der Waals surface area (Å²) in [5.41, 5.74) is 8.10. The molecule has 0 bridgehead atoms. The predicted octanol–water partition coefficient (Wildman–Crippen LogP) is 3.93. The van der Waals surface area contributed by atoms with Crippen LogP contribution >= 0.6 is 11.3 Å². The van der Waals surface area contributed by atoms with E-state index < -0.39 is 11.6 Å². The largest absolute Gasteiger partial charge is 0.497 e. The standard InChI is InChI=1S/C18H13F2N5OS/c1-26-12-5-2-10(3-6-12)14-9-27-18(22-14)16-17(21)25(24-23-16)15-7-4-11(19)8-13(15)20/h2-9H,21H2,1H3. The number of aromatic nitrogens is 4. The van der Waals surface area contributed by atoms with Gasteiger partial charge in [0.05, 0.1) is 12.8 Å². The van der Waals surface area contributed by atoms with Gasteiger partial charge in [0.1, 0.15) is 22.3 Å². The number of hydrogen-bond acceptors (Lipinski definition) is 6. The summed E-state index contributed by atoms with van der Waals surface area (Å²) in [7, 11) is 1.60. The van der Waals surface area contributed by atoms with Gasteiger partial charge in [-0.25, -0.2) is 13.8 Å². The molecule has 6 nitrogen and oxygen atoms in total. The molecule has 27 heavy (non-hydrogen) atoms. The Balaban J connectivity index is 1.69. The molecule has 2 aromatic carbocycles. The maximum absolute atomic E-state index is 14.0. The molecule has 4 rings (SSSR count). The number of benzene rings is 2. The van der Waals surface area contributed by atoms with Crippen molar-refractivity contribution in [2.24, 2.45) is 0 Å². The molecule has 0 saturated heterocycles. The first-order valence-corrected chi connectivity index (χ1v) is 8.71. The second-order valence-corrected chi connectivity index (χ2v) is 6.46. The lowest BCUT2D eigenvalue weighted by Crippen LogP contribution is -2.05. The molecule has 0 aliphatic carbocycles. The molecular weight excluding hydrogens is 372 g/mol. The van der Waals surface area contributed by atoms with Gasteiger partial charge in [0.25, 0.3) is 0 Å². The number of methoxy groups -OCH3 is 1. The monoisotopic (exact) mass is 385 g/mol. The van der Waals surface area contributed by atoms with Gasteiger partial charge in [-0.15, -0.1) is 16.4 Å². The second kappa shape index (κ2) is 6.76. The second-order valence-electron chi connectivity index (χ2n) is 5.60. The molecule has 0 unspecified atom stereocenters. The van der Waals surface area contributed by atoms with Crippen LogP contribution in [0.2, 0.25) is 0 Å². The third kappa shape index (κ3) is 3.13. The number of nitrogens with zero attached hydrogens (tertiary/aromatic N) is 4. The van der Waals surface area contributed by atoms with Crippen molar-refractivity contribution in [3.05, 3.63) is 59.5 Å². The van der Waals surface area contributed by atoms with E-state index in [0.717, 1.165) is 33.8 Å². The number of anilines is 1. The third-order valence-corrected chi connectivity index (χ3v) is 4.78. The molecule has 136 valence electrons. The molecule has 2 aromatic heterocycles. The van der Waals surface area contributed by atoms with Gasteiger partial charge < -0.3 is 10.5 Å². The Hall–Kier alpha value is -3.33. The van der Waals surface area contributed by atoms with E-state index in [-0.39, 0.29) is 11.5 Å². The van der Waals surface area contributed by atoms with Gasteiger partial charge in [-0.2, -0.15) is 4.68 Å². The van der Waals surface area contributed by atoms with E-state index in [1.165, 1.54) is 17.4 Å². The fraction of sp³-hybridized carbons (Fsp3) is 0.0556. The minimum atomic E-state index is -0.781. The molecule has 2 N–H and O–H groups in total. The molecule has 0 spiro atoms. The zero-order valence-electron chi connectivity index (χ0n) is 14.1. The highest BCUT2D eigenvalue weighted by Gasteiger charge is 2.19. The van der Waals surface area contributed by atoms with E-state index in [1.807, 2.05) is 29.6 Å². The summed E-state index contributed by atoms with van der Waals surface area (Å²) in [5.74, 6) is -0.589. The van der Waals surface area contributed by atoms with Gasteiger partial charge in [0, 0.05) is 17.0 Å². The summed E-state index contributed by atoms with van der Waals surface area (Å²) in [6.07, 6.45) is 0. The lowest BCUT2D eigenvalue weighted by atomic mass is 10.2. The first-order valence-electron chi connectivity index (χ1n) is 7.83. The lowest BCUT2D eigenvalue weighted by molar-refractivity contribution is 0.415. The molecule has 0 saturated carbocycles. The predicted molar refractivity (Wildman–Crippen MR) is 98.8 cm³/mol. The molecule has 9 heteroatoms. The number of halogens is 2. The van der Waals surface area contributed by atoms with Gasteiger partial charge in [0.15, 0.2) is 17.3 Å². The fourth-order valence-electron chi connectivity index (χ4n) is 2.55. The smallest absolute Gasteiger partial charge is 0.165 e. The highest BCUT2D eigenvalue weighted by Crippen LogP contribution is 2.32. The van der Waals surface area contributed by atoms with Gasteiger partial charge in [-0.3, -0.25) is 0 Å². The van der Waals surface area contributed by atoms with Crippen LogP contribution in [-0.4, -0.2) is 27.1 Å². The zero-order valence-corrected chi connectivity index (χ0v) is 14.9. The highest BCUT2D eigenvalue weighted by atomic mass is 32.1. The van der Waals surface area contributed by atoms with Crippen molar-refractivity contribution in [3.8, 4) is 33.4 Å². The number of thiazole rings is 1. The normalized spacial score (nSPS) is 10.9. The van der Waals surface area contributed by atoms with E-state index in [1.54, 1.807) is 7.11 Å². The molecule has 4 aromatic rings. The van der Waals surface area contributed by atoms with Crippen LogP contribution in [0.1, 0.15) is 0 Å². The van der Waals surface area contributed by atoms with Crippen molar-refractivity contribution < 1.29 is 13.5 Å². The Kier molecular flexibility index (Phi) is 4.28. The van der Waals surface area contributed by atoms with Gasteiger partial charge in [0.2, 0.25) is 0 Å². The quantitative estimate of drug-likeness (QED) is 0.576. The number of ether oxygens (including phenoxy) is 1. The summed E-state index contributed by atoms with van der Waals surface area (Å²) in [4.78, 5) is 4.54. The van der Waals surface area contributed by atoms with Crippen LogP contribution in [-0.2, 0) is 0 Å². The van der Waals surface area contributed by atoms with Crippen molar-refractivity contribution in [2.45, 2.75) is 0 Å². The van der Waals surface area contributed by atoms with Crippen molar-refractivity contribution >= 4 is 17.2 Å². The molecule has 0 aliphatic rings. The first-order chi connectivity index (χ1) is 13.1. The van der Waals surface area contributed by atoms with Crippen molar-refractivity contribution in [3.63, 3.8) is 0 Å². The van der Waals surface area contributed by atoms with E-state index in [0.29, 0.717) is 10.7 Å². The average Bonchev–Trinajstić information content (AvgIpc) is 3.29. The van der Waals surface area contributed by atoms with E-state index in [2.05, 4.69) is 15.3 Å². The molecule has 0 fully saturated rings. The Bertz CT molecular complexity index is 1110. The molecular formula is C18H13F2N5OS. The highest BCUT2D eigenvalue weighted by molar-refractivity contribution is 7.13. The number of nitrogen functional groups attached to an aromatic ring is 1. The number of hydrogen-bond donors (Lipinski definition) is 1. The minimum Gasteiger partial charge on any atom is -0.497 e. The maximum Gasteiger partial charge on any atom is 0.165 e. The fourth-order valence-corrected chi connectivity index (χ4v) is 3.37. The Labute approximate surface area is 156 Å². The van der Waals surface area contributed by atoms with Crippen LogP contribution in [0, 0.1) is 11.6 Å². The summed E-state index contributed by atoms with van der Waals surface area (Å²) in [6.45, 7) is 0. The van der Waals surface area contributed by atoms with Crippen LogP contribution in [0.3, 0.4) is 0 Å². The zero-order chi connectivity index (χ0) is 19.0. The number of rotatable bonds is 4. The van der Waals surface area contributed by atoms with E-state index >= 15 is 0 Å². The molecule has 2 heterocycles. The topological polar surface area (TPSA) is 78.9 Å². The summed E-state index contributed by atoms with van der Waals surface area (Å²) >= 11 is 1.34. The van der Waals surface area contributed by atoms with Crippen molar-refractivity contribution in [1.82, 2.24) is 20.0 Å². The van der Waals surface area contributed by atoms with E-state index in [9.17, 15) is 8.78 Å².